The van der Waals surface area contributed by atoms with E-state index < -0.39 is 11.0 Å². The van der Waals surface area contributed by atoms with Gasteiger partial charge in [0.05, 0.1) is 19.1 Å². The lowest BCUT2D eigenvalue weighted by molar-refractivity contribution is 0.354. The van der Waals surface area contributed by atoms with Crippen molar-refractivity contribution in [1.82, 2.24) is 0 Å². The van der Waals surface area contributed by atoms with E-state index in [1.54, 1.807) is 20.4 Å². The molecular weight excluding hydrogens is 346 g/mol. The molecule has 0 aliphatic heterocycles. The monoisotopic (exact) mass is 365 g/mol. The van der Waals surface area contributed by atoms with Crippen molar-refractivity contribution in [2.24, 2.45) is 4.40 Å². The number of rotatable bonds is 7. The summed E-state index contributed by atoms with van der Waals surface area (Å²) >= 11 is 5.87. The predicted molar refractivity (Wildman–Crippen MR) is 99.2 cm³/mol. The number of alkyl halides is 1. The Hall–Kier alpha value is -1.85. The van der Waals surface area contributed by atoms with Gasteiger partial charge in [0.2, 0.25) is 0 Å². The largest absolute Gasteiger partial charge is 0.493 e. The summed E-state index contributed by atoms with van der Waals surface area (Å²) in [5.41, 5.74) is 2.89. The zero-order chi connectivity index (χ0) is 17.5. The predicted octanol–water partition coefficient (Wildman–Crippen LogP) is 3.94. The van der Waals surface area contributed by atoms with Crippen molar-refractivity contribution in [2.45, 2.75) is 18.2 Å². The van der Waals surface area contributed by atoms with E-state index in [9.17, 15) is 4.21 Å². The summed E-state index contributed by atoms with van der Waals surface area (Å²) < 4.78 is 27.1. The highest BCUT2D eigenvalue weighted by Crippen LogP contribution is 2.30. The van der Waals surface area contributed by atoms with Gasteiger partial charge in [-0.2, -0.15) is 4.40 Å². The lowest BCUT2D eigenvalue weighted by Crippen LogP contribution is -2.00. The van der Waals surface area contributed by atoms with Crippen LogP contribution in [-0.2, 0) is 17.4 Å². The SMILES string of the molecule is COc1cc(/C=N/[S@@](=O)c2ccc(C)cc2)c(CCCl)cc1OC. The average Bonchev–Trinajstić information content (AvgIpc) is 2.60. The number of aryl methyl sites for hydroxylation is 2. The molecule has 2 aromatic carbocycles. The van der Waals surface area contributed by atoms with Crippen LogP contribution in [0, 0.1) is 6.92 Å². The summed E-state index contributed by atoms with van der Waals surface area (Å²) in [5.74, 6) is 1.70. The Morgan fingerprint density at radius 2 is 1.75 bits per heavy atom. The van der Waals surface area contributed by atoms with Crippen LogP contribution in [0.25, 0.3) is 0 Å². The maximum Gasteiger partial charge on any atom is 0.172 e. The molecule has 0 aliphatic rings. The molecule has 0 aromatic heterocycles. The minimum Gasteiger partial charge on any atom is -0.493 e. The van der Waals surface area contributed by atoms with Crippen LogP contribution < -0.4 is 9.47 Å². The number of nitrogens with zero attached hydrogens (tertiary/aromatic N) is 1. The Labute approximate surface area is 150 Å². The first-order valence-corrected chi connectivity index (χ1v) is 9.06. The van der Waals surface area contributed by atoms with Crippen molar-refractivity contribution in [3.05, 3.63) is 53.1 Å². The summed E-state index contributed by atoms with van der Waals surface area (Å²) in [6, 6.07) is 11.2. The zero-order valence-corrected chi connectivity index (χ0v) is 15.5. The van der Waals surface area contributed by atoms with Crippen molar-refractivity contribution >= 4 is 28.8 Å². The third kappa shape index (κ3) is 4.58. The van der Waals surface area contributed by atoms with Gasteiger partial charge in [-0.15, -0.1) is 11.6 Å². The molecule has 128 valence electrons. The van der Waals surface area contributed by atoms with E-state index in [1.807, 2.05) is 43.3 Å². The first kappa shape index (κ1) is 18.5. The van der Waals surface area contributed by atoms with Crippen LogP contribution in [0.4, 0.5) is 0 Å². The Kier molecular flexibility index (Phi) is 6.82. The molecule has 0 N–H and O–H groups in total. The third-order valence-electron chi connectivity index (χ3n) is 3.52. The van der Waals surface area contributed by atoms with E-state index in [2.05, 4.69) is 4.40 Å². The molecule has 0 unspecified atom stereocenters. The van der Waals surface area contributed by atoms with Gasteiger partial charge in [0.15, 0.2) is 22.5 Å². The zero-order valence-electron chi connectivity index (χ0n) is 13.9. The second kappa shape index (κ2) is 8.85. The highest BCUT2D eigenvalue weighted by atomic mass is 35.5. The van der Waals surface area contributed by atoms with Gasteiger partial charge < -0.3 is 9.47 Å². The van der Waals surface area contributed by atoms with Crippen molar-refractivity contribution in [1.29, 1.82) is 0 Å². The lowest BCUT2D eigenvalue weighted by Gasteiger charge is -2.12. The fourth-order valence-electron chi connectivity index (χ4n) is 2.20. The van der Waals surface area contributed by atoms with Crippen molar-refractivity contribution in [3.8, 4) is 11.5 Å². The Bertz CT molecular complexity index is 745. The summed E-state index contributed by atoms with van der Waals surface area (Å²) in [7, 11) is 1.70. The van der Waals surface area contributed by atoms with Gasteiger partial charge in [0, 0.05) is 17.7 Å². The average molecular weight is 366 g/mol. The quantitative estimate of drug-likeness (QED) is 0.551. The van der Waals surface area contributed by atoms with Crippen LogP contribution in [0.5, 0.6) is 11.5 Å². The molecule has 2 rings (SSSR count). The number of ether oxygens (including phenoxy) is 2. The van der Waals surface area contributed by atoms with Gasteiger partial charge in [-0.3, -0.25) is 0 Å². The fourth-order valence-corrected chi connectivity index (χ4v) is 3.10. The molecule has 0 bridgehead atoms. The maximum atomic E-state index is 12.3. The summed E-state index contributed by atoms with van der Waals surface area (Å²) in [6.07, 6.45) is 2.25. The molecule has 0 fully saturated rings. The Balaban J connectivity index is 2.32. The fraction of sp³-hybridized carbons (Fsp3) is 0.278. The van der Waals surface area contributed by atoms with Gasteiger partial charge in [-0.25, -0.2) is 4.21 Å². The molecule has 0 saturated heterocycles. The smallest absolute Gasteiger partial charge is 0.172 e. The van der Waals surface area contributed by atoms with E-state index in [4.69, 9.17) is 21.1 Å². The molecule has 0 heterocycles. The molecular formula is C18H20ClNO3S. The molecule has 4 nitrogen and oxygen atoms in total. The van der Waals surface area contributed by atoms with Gasteiger partial charge in [-0.05, 0) is 43.2 Å². The number of hydrogen-bond donors (Lipinski definition) is 0. The van der Waals surface area contributed by atoms with Crippen LogP contribution in [0.1, 0.15) is 16.7 Å². The summed E-state index contributed by atoms with van der Waals surface area (Å²) in [6.45, 7) is 1.98. The molecule has 2 aromatic rings. The minimum atomic E-state index is -1.46. The number of halogens is 1. The van der Waals surface area contributed by atoms with E-state index >= 15 is 0 Å². The van der Waals surface area contributed by atoms with Crippen LogP contribution >= 0.6 is 11.6 Å². The van der Waals surface area contributed by atoms with Gasteiger partial charge >= 0.3 is 0 Å². The molecule has 1 atom stereocenters. The van der Waals surface area contributed by atoms with Crippen molar-refractivity contribution < 1.29 is 13.7 Å². The Morgan fingerprint density at radius 3 is 2.33 bits per heavy atom. The van der Waals surface area contributed by atoms with Gasteiger partial charge in [0.1, 0.15) is 0 Å². The minimum absolute atomic E-state index is 0.470. The first-order chi connectivity index (χ1) is 11.6. The number of hydrogen-bond acceptors (Lipinski definition) is 3. The number of benzene rings is 2. The molecule has 0 amide bonds. The third-order valence-corrected chi connectivity index (χ3v) is 4.68. The van der Waals surface area contributed by atoms with E-state index in [-0.39, 0.29) is 0 Å². The second-order valence-corrected chi connectivity index (χ2v) is 6.70. The highest BCUT2D eigenvalue weighted by molar-refractivity contribution is 7.83. The van der Waals surface area contributed by atoms with E-state index in [1.165, 1.54) is 0 Å². The van der Waals surface area contributed by atoms with Crippen LogP contribution in [0.3, 0.4) is 0 Å². The second-order valence-electron chi connectivity index (χ2n) is 5.14. The molecule has 0 radical (unpaired) electrons. The molecule has 0 spiro atoms. The summed E-state index contributed by atoms with van der Waals surface area (Å²) in [4.78, 5) is 0.663. The molecule has 24 heavy (non-hydrogen) atoms. The lowest BCUT2D eigenvalue weighted by atomic mass is 10.0. The number of methoxy groups -OCH3 is 2. The van der Waals surface area contributed by atoms with E-state index in [0.717, 1.165) is 16.7 Å². The van der Waals surface area contributed by atoms with Crippen LogP contribution in [-0.4, -0.2) is 30.5 Å². The van der Waals surface area contributed by atoms with Crippen LogP contribution in [0.15, 0.2) is 45.7 Å². The first-order valence-electron chi connectivity index (χ1n) is 7.42. The molecule has 6 heteroatoms. The van der Waals surface area contributed by atoms with Crippen LogP contribution in [0.2, 0.25) is 0 Å². The standard InChI is InChI=1S/C18H20ClNO3S/c1-13-4-6-16(7-5-13)24(21)20-12-15-11-18(23-3)17(22-2)10-14(15)8-9-19/h4-7,10-12H,8-9H2,1-3H3/b20-12+/t24-/m0/s1. The van der Waals surface area contributed by atoms with Crippen molar-refractivity contribution in [3.63, 3.8) is 0 Å². The van der Waals surface area contributed by atoms with Gasteiger partial charge in [-0.1, -0.05) is 17.7 Å². The normalized spacial score (nSPS) is 12.3. The topological polar surface area (TPSA) is 47.9 Å². The maximum absolute atomic E-state index is 12.3. The molecule has 0 saturated carbocycles. The van der Waals surface area contributed by atoms with Gasteiger partial charge in [0.25, 0.3) is 0 Å². The highest BCUT2D eigenvalue weighted by Gasteiger charge is 2.10. The molecule has 0 aliphatic carbocycles. The Morgan fingerprint density at radius 1 is 1.12 bits per heavy atom. The summed E-state index contributed by atoms with van der Waals surface area (Å²) in [5, 5.41) is 0. The van der Waals surface area contributed by atoms with E-state index in [0.29, 0.717) is 28.7 Å². The van der Waals surface area contributed by atoms with Crippen molar-refractivity contribution in [2.75, 3.05) is 20.1 Å².